The van der Waals surface area contributed by atoms with Crippen molar-refractivity contribution in [2.75, 3.05) is 6.54 Å². The lowest BCUT2D eigenvalue weighted by atomic mass is 10.3. The van der Waals surface area contributed by atoms with Gasteiger partial charge in [-0.2, -0.15) is 0 Å². The Morgan fingerprint density at radius 1 is 1.50 bits per heavy atom. The van der Waals surface area contributed by atoms with Crippen LogP contribution in [0.5, 0.6) is 0 Å². The highest BCUT2D eigenvalue weighted by Gasteiger charge is 2.05. The Bertz CT molecular complexity index is 312. The van der Waals surface area contributed by atoms with Crippen molar-refractivity contribution in [3.05, 3.63) is 23.8 Å². The quantitative estimate of drug-likeness (QED) is 0.733. The van der Waals surface area contributed by atoms with Gasteiger partial charge in [0.25, 0.3) is 5.91 Å². The molecule has 4 heteroatoms. The van der Waals surface area contributed by atoms with Crippen molar-refractivity contribution in [2.45, 2.75) is 26.7 Å². The van der Waals surface area contributed by atoms with E-state index in [0.717, 1.165) is 18.5 Å². The van der Waals surface area contributed by atoms with Gasteiger partial charge in [-0.05, 0) is 19.4 Å². The van der Waals surface area contributed by atoms with Crippen LogP contribution < -0.4 is 5.32 Å². The fourth-order valence-electron chi connectivity index (χ4n) is 1.05. The molecule has 0 fully saturated rings. The minimum absolute atomic E-state index is 0.121. The van der Waals surface area contributed by atoms with Crippen LogP contribution in [0.4, 0.5) is 0 Å². The number of unbranched alkanes of at least 4 members (excludes halogenated alkanes) is 1. The Hall–Kier alpha value is -1.45. The van der Waals surface area contributed by atoms with Gasteiger partial charge in [-0.1, -0.05) is 13.3 Å². The summed E-state index contributed by atoms with van der Waals surface area (Å²) in [5, 5.41) is 2.80. The molecule has 0 aliphatic heterocycles. The van der Waals surface area contributed by atoms with E-state index in [-0.39, 0.29) is 5.91 Å². The lowest BCUT2D eigenvalue weighted by Gasteiger charge is -2.03. The third-order valence-corrected chi connectivity index (χ3v) is 1.85. The van der Waals surface area contributed by atoms with Gasteiger partial charge in [0.2, 0.25) is 0 Å². The number of aryl methyl sites for hydroxylation is 1. The number of amides is 1. The molecule has 14 heavy (non-hydrogen) atoms. The molecule has 0 atom stereocenters. The topological polar surface area (TPSA) is 54.9 Å². The summed E-state index contributed by atoms with van der Waals surface area (Å²) >= 11 is 0. The van der Waals surface area contributed by atoms with E-state index in [1.165, 1.54) is 6.33 Å². The highest BCUT2D eigenvalue weighted by Crippen LogP contribution is 1.96. The SMILES string of the molecule is CCCCNC(=O)c1cc(C)ncn1. The van der Waals surface area contributed by atoms with Crippen LogP contribution in [0.3, 0.4) is 0 Å². The number of carbonyl (C=O) groups excluding carboxylic acids is 1. The maximum Gasteiger partial charge on any atom is 0.270 e. The van der Waals surface area contributed by atoms with Crippen molar-refractivity contribution in [3.63, 3.8) is 0 Å². The molecule has 0 saturated carbocycles. The van der Waals surface area contributed by atoms with Crippen molar-refractivity contribution in [1.82, 2.24) is 15.3 Å². The molecule has 0 bridgehead atoms. The minimum atomic E-state index is -0.121. The van der Waals surface area contributed by atoms with Gasteiger partial charge in [0.05, 0.1) is 0 Å². The van der Waals surface area contributed by atoms with Gasteiger partial charge in [-0.25, -0.2) is 9.97 Å². The molecule has 0 unspecified atom stereocenters. The van der Waals surface area contributed by atoms with Crippen molar-refractivity contribution in [1.29, 1.82) is 0 Å². The van der Waals surface area contributed by atoms with Gasteiger partial charge in [-0.15, -0.1) is 0 Å². The molecule has 0 spiro atoms. The second-order valence-electron chi connectivity index (χ2n) is 3.15. The number of hydrogen-bond acceptors (Lipinski definition) is 3. The zero-order valence-corrected chi connectivity index (χ0v) is 8.58. The molecule has 0 saturated heterocycles. The van der Waals surface area contributed by atoms with Crippen LogP contribution in [-0.4, -0.2) is 22.4 Å². The molecule has 1 amide bonds. The zero-order valence-electron chi connectivity index (χ0n) is 8.58. The molecule has 0 aliphatic rings. The Kier molecular flexibility index (Phi) is 4.04. The molecule has 1 N–H and O–H groups in total. The van der Waals surface area contributed by atoms with Crippen molar-refractivity contribution in [2.24, 2.45) is 0 Å². The number of aromatic nitrogens is 2. The van der Waals surface area contributed by atoms with Crippen LogP contribution in [-0.2, 0) is 0 Å². The van der Waals surface area contributed by atoms with Gasteiger partial charge < -0.3 is 5.32 Å². The van der Waals surface area contributed by atoms with Crippen LogP contribution in [0.1, 0.15) is 35.9 Å². The smallest absolute Gasteiger partial charge is 0.270 e. The van der Waals surface area contributed by atoms with Crippen molar-refractivity contribution >= 4 is 5.91 Å². The van der Waals surface area contributed by atoms with Crippen LogP contribution in [0.25, 0.3) is 0 Å². The van der Waals surface area contributed by atoms with E-state index in [9.17, 15) is 4.79 Å². The molecular formula is C10H15N3O. The predicted octanol–water partition coefficient (Wildman–Crippen LogP) is 1.31. The highest BCUT2D eigenvalue weighted by molar-refractivity contribution is 5.92. The van der Waals surface area contributed by atoms with Crippen LogP contribution in [0.2, 0.25) is 0 Å². The van der Waals surface area contributed by atoms with Gasteiger partial charge in [0.1, 0.15) is 12.0 Å². The summed E-state index contributed by atoms with van der Waals surface area (Å²) in [6, 6.07) is 1.68. The number of carbonyl (C=O) groups is 1. The fraction of sp³-hybridized carbons (Fsp3) is 0.500. The largest absolute Gasteiger partial charge is 0.351 e. The van der Waals surface area contributed by atoms with Crippen molar-refractivity contribution in [3.8, 4) is 0 Å². The number of nitrogens with zero attached hydrogens (tertiary/aromatic N) is 2. The van der Waals surface area contributed by atoms with Gasteiger partial charge in [-0.3, -0.25) is 4.79 Å². The first-order valence-corrected chi connectivity index (χ1v) is 4.81. The van der Waals surface area contributed by atoms with Crippen molar-refractivity contribution < 1.29 is 4.79 Å². The monoisotopic (exact) mass is 193 g/mol. The molecule has 1 aromatic heterocycles. The standard InChI is InChI=1S/C10H15N3O/c1-3-4-5-11-10(14)9-6-8(2)12-7-13-9/h6-7H,3-5H2,1-2H3,(H,11,14). The molecular weight excluding hydrogens is 178 g/mol. The Balaban J connectivity index is 2.52. The zero-order chi connectivity index (χ0) is 10.4. The van der Waals surface area contributed by atoms with Crippen LogP contribution in [0.15, 0.2) is 12.4 Å². The molecule has 1 rings (SSSR count). The van der Waals surface area contributed by atoms with Crippen LogP contribution >= 0.6 is 0 Å². The normalized spacial score (nSPS) is 9.86. The van der Waals surface area contributed by atoms with E-state index < -0.39 is 0 Å². The first-order chi connectivity index (χ1) is 6.74. The Morgan fingerprint density at radius 2 is 2.29 bits per heavy atom. The molecule has 4 nitrogen and oxygen atoms in total. The van der Waals surface area contributed by atoms with Gasteiger partial charge in [0, 0.05) is 12.2 Å². The lowest BCUT2D eigenvalue weighted by Crippen LogP contribution is -2.25. The number of hydrogen-bond donors (Lipinski definition) is 1. The summed E-state index contributed by atoms with van der Waals surface area (Å²) in [6.07, 6.45) is 3.48. The summed E-state index contributed by atoms with van der Waals surface area (Å²) in [4.78, 5) is 19.3. The molecule has 0 aromatic carbocycles. The van der Waals surface area contributed by atoms with E-state index in [0.29, 0.717) is 12.2 Å². The summed E-state index contributed by atoms with van der Waals surface area (Å²) in [5.41, 5.74) is 1.24. The maximum atomic E-state index is 11.5. The lowest BCUT2D eigenvalue weighted by molar-refractivity contribution is 0.0948. The second kappa shape index (κ2) is 5.32. The molecule has 0 radical (unpaired) electrons. The average molecular weight is 193 g/mol. The maximum absolute atomic E-state index is 11.5. The van der Waals surface area contributed by atoms with E-state index in [1.807, 2.05) is 6.92 Å². The first kappa shape index (κ1) is 10.6. The first-order valence-electron chi connectivity index (χ1n) is 4.81. The van der Waals surface area contributed by atoms with E-state index in [2.05, 4.69) is 22.2 Å². The van der Waals surface area contributed by atoms with E-state index >= 15 is 0 Å². The second-order valence-corrected chi connectivity index (χ2v) is 3.15. The van der Waals surface area contributed by atoms with Gasteiger partial charge >= 0.3 is 0 Å². The van der Waals surface area contributed by atoms with Gasteiger partial charge in [0.15, 0.2) is 0 Å². The Labute approximate surface area is 83.8 Å². The molecule has 1 heterocycles. The summed E-state index contributed by atoms with van der Waals surface area (Å²) in [7, 11) is 0. The number of rotatable bonds is 4. The molecule has 0 aliphatic carbocycles. The summed E-state index contributed by atoms with van der Waals surface area (Å²) in [6.45, 7) is 4.63. The highest BCUT2D eigenvalue weighted by atomic mass is 16.1. The molecule has 76 valence electrons. The van der Waals surface area contributed by atoms with E-state index in [1.54, 1.807) is 6.07 Å². The predicted molar refractivity (Wildman–Crippen MR) is 54.0 cm³/mol. The molecule has 1 aromatic rings. The Morgan fingerprint density at radius 3 is 2.93 bits per heavy atom. The van der Waals surface area contributed by atoms with Crippen LogP contribution in [0, 0.1) is 6.92 Å². The van der Waals surface area contributed by atoms with E-state index in [4.69, 9.17) is 0 Å². The third kappa shape index (κ3) is 3.12. The summed E-state index contributed by atoms with van der Waals surface area (Å²) < 4.78 is 0. The third-order valence-electron chi connectivity index (χ3n) is 1.85. The minimum Gasteiger partial charge on any atom is -0.351 e. The number of nitrogens with one attached hydrogen (secondary N) is 1. The average Bonchev–Trinajstić information content (AvgIpc) is 2.18. The summed E-state index contributed by atoms with van der Waals surface area (Å²) in [5.74, 6) is -0.121. The fourth-order valence-corrected chi connectivity index (χ4v) is 1.05.